The first kappa shape index (κ1) is 15.3. The highest BCUT2D eigenvalue weighted by Crippen LogP contribution is 2.26. The summed E-state index contributed by atoms with van der Waals surface area (Å²) in [6.45, 7) is 10.5. The molecule has 0 aromatic heterocycles. The summed E-state index contributed by atoms with van der Waals surface area (Å²) in [5.74, 6) is 0.626. The number of primary amides is 1. The van der Waals surface area contributed by atoms with Crippen LogP contribution >= 0.6 is 0 Å². The lowest BCUT2D eigenvalue weighted by Gasteiger charge is -2.29. The zero-order chi connectivity index (χ0) is 14.6. The van der Waals surface area contributed by atoms with Gasteiger partial charge in [0.05, 0.1) is 11.4 Å². The summed E-state index contributed by atoms with van der Waals surface area (Å²) < 4.78 is 0. The predicted molar refractivity (Wildman–Crippen MR) is 81.3 cm³/mol. The smallest absolute Gasteiger partial charge is 0.248 e. The Morgan fingerprint density at radius 1 is 1.16 bits per heavy atom. The van der Waals surface area contributed by atoms with E-state index >= 15 is 0 Å². The molecule has 0 bridgehead atoms. The summed E-state index contributed by atoms with van der Waals surface area (Å²) in [5, 5.41) is 0. The topological polar surface area (TPSA) is 72.3 Å². The van der Waals surface area contributed by atoms with Crippen LogP contribution in [0.4, 0.5) is 11.4 Å². The molecule has 0 atom stereocenters. The van der Waals surface area contributed by atoms with Crippen LogP contribution in [0.15, 0.2) is 18.2 Å². The van der Waals surface area contributed by atoms with E-state index in [1.54, 1.807) is 18.2 Å². The number of hydrogen-bond acceptors (Lipinski definition) is 3. The maximum absolute atomic E-state index is 11.3. The first-order valence-corrected chi connectivity index (χ1v) is 6.75. The number of nitrogens with zero attached hydrogens (tertiary/aromatic N) is 1. The SMILES string of the molecule is CC(C)CN(CC(C)C)c1cc(C(N)=O)ccc1N. The molecule has 0 saturated carbocycles. The molecule has 0 radical (unpaired) electrons. The lowest BCUT2D eigenvalue weighted by molar-refractivity contribution is 0.100. The summed E-state index contributed by atoms with van der Waals surface area (Å²) in [4.78, 5) is 13.5. The van der Waals surface area contributed by atoms with E-state index in [0.717, 1.165) is 18.8 Å². The lowest BCUT2D eigenvalue weighted by atomic mass is 10.1. The van der Waals surface area contributed by atoms with E-state index in [2.05, 4.69) is 32.6 Å². The van der Waals surface area contributed by atoms with Gasteiger partial charge in [-0.15, -0.1) is 0 Å². The number of anilines is 2. The van der Waals surface area contributed by atoms with E-state index in [-0.39, 0.29) is 0 Å². The van der Waals surface area contributed by atoms with Gasteiger partial charge in [-0.3, -0.25) is 4.79 Å². The molecule has 0 heterocycles. The molecule has 0 aliphatic heterocycles. The molecule has 4 nitrogen and oxygen atoms in total. The minimum absolute atomic E-state index is 0.421. The number of rotatable bonds is 6. The number of carbonyl (C=O) groups excluding carboxylic acids is 1. The zero-order valence-corrected chi connectivity index (χ0v) is 12.3. The van der Waals surface area contributed by atoms with Gasteiger partial charge in [-0.05, 0) is 30.0 Å². The largest absolute Gasteiger partial charge is 0.397 e. The molecule has 0 unspecified atom stereocenters. The van der Waals surface area contributed by atoms with Gasteiger partial charge in [0.25, 0.3) is 0 Å². The Balaban J connectivity index is 3.12. The van der Waals surface area contributed by atoms with Gasteiger partial charge in [0, 0.05) is 18.7 Å². The summed E-state index contributed by atoms with van der Waals surface area (Å²) in [7, 11) is 0. The molecular formula is C15H25N3O. The van der Waals surface area contributed by atoms with E-state index in [9.17, 15) is 4.79 Å². The van der Waals surface area contributed by atoms with Crippen molar-refractivity contribution >= 4 is 17.3 Å². The second-order valence-electron chi connectivity index (χ2n) is 5.83. The molecule has 19 heavy (non-hydrogen) atoms. The van der Waals surface area contributed by atoms with Gasteiger partial charge in [0.2, 0.25) is 5.91 Å². The van der Waals surface area contributed by atoms with E-state index in [0.29, 0.717) is 23.1 Å². The zero-order valence-electron chi connectivity index (χ0n) is 12.3. The number of carbonyl (C=O) groups is 1. The molecule has 4 heteroatoms. The van der Waals surface area contributed by atoms with E-state index in [1.165, 1.54) is 0 Å². The van der Waals surface area contributed by atoms with Crippen molar-refractivity contribution in [2.75, 3.05) is 23.7 Å². The molecule has 1 rings (SSSR count). The van der Waals surface area contributed by atoms with Crippen LogP contribution in [0, 0.1) is 11.8 Å². The Morgan fingerprint density at radius 2 is 1.68 bits per heavy atom. The van der Waals surface area contributed by atoms with Crippen molar-refractivity contribution in [2.24, 2.45) is 17.6 Å². The number of nitrogen functional groups attached to an aromatic ring is 1. The number of benzene rings is 1. The molecule has 0 fully saturated rings. The first-order valence-electron chi connectivity index (χ1n) is 6.75. The monoisotopic (exact) mass is 263 g/mol. The normalized spacial score (nSPS) is 11.1. The van der Waals surface area contributed by atoms with Crippen molar-refractivity contribution in [2.45, 2.75) is 27.7 Å². The Labute approximate surface area is 115 Å². The van der Waals surface area contributed by atoms with Gasteiger partial charge in [0.15, 0.2) is 0 Å². The number of nitrogens with two attached hydrogens (primary N) is 2. The van der Waals surface area contributed by atoms with Crippen LogP contribution in [0.25, 0.3) is 0 Å². The highest BCUT2D eigenvalue weighted by atomic mass is 16.1. The van der Waals surface area contributed by atoms with E-state index < -0.39 is 5.91 Å². The Bertz CT molecular complexity index is 431. The average molecular weight is 263 g/mol. The predicted octanol–water partition coefficient (Wildman–Crippen LogP) is 2.49. The van der Waals surface area contributed by atoms with Crippen LogP contribution in [0.1, 0.15) is 38.1 Å². The minimum atomic E-state index is -0.421. The van der Waals surface area contributed by atoms with Crippen LogP contribution in [0.5, 0.6) is 0 Å². The molecule has 0 aliphatic carbocycles. The minimum Gasteiger partial charge on any atom is -0.397 e. The second kappa shape index (κ2) is 6.45. The van der Waals surface area contributed by atoms with Crippen LogP contribution in [0.3, 0.4) is 0 Å². The second-order valence-corrected chi connectivity index (χ2v) is 5.83. The Hall–Kier alpha value is -1.71. The first-order chi connectivity index (χ1) is 8.81. The molecule has 0 saturated heterocycles. The summed E-state index contributed by atoms with van der Waals surface area (Å²) in [5.41, 5.74) is 13.5. The van der Waals surface area contributed by atoms with Crippen molar-refractivity contribution in [1.29, 1.82) is 0 Å². The maximum atomic E-state index is 11.3. The van der Waals surface area contributed by atoms with Gasteiger partial charge >= 0.3 is 0 Å². The van der Waals surface area contributed by atoms with Gasteiger partial charge in [-0.2, -0.15) is 0 Å². The molecule has 4 N–H and O–H groups in total. The fourth-order valence-electron chi connectivity index (χ4n) is 2.12. The standard InChI is InChI=1S/C15H25N3O/c1-10(2)8-18(9-11(3)4)14-7-12(15(17)19)5-6-13(14)16/h5-7,10-11H,8-9,16H2,1-4H3,(H2,17,19). The van der Waals surface area contributed by atoms with Crippen LogP contribution in [0.2, 0.25) is 0 Å². The highest BCUT2D eigenvalue weighted by Gasteiger charge is 2.15. The van der Waals surface area contributed by atoms with Crippen molar-refractivity contribution in [3.63, 3.8) is 0 Å². The van der Waals surface area contributed by atoms with Gasteiger partial charge in [0.1, 0.15) is 0 Å². The maximum Gasteiger partial charge on any atom is 0.248 e. The van der Waals surface area contributed by atoms with Crippen molar-refractivity contribution in [1.82, 2.24) is 0 Å². The average Bonchev–Trinajstić information content (AvgIpc) is 2.27. The third kappa shape index (κ3) is 4.47. The molecule has 1 amide bonds. The molecule has 1 aromatic rings. The summed E-state index contributed by atoms with van der Waals surface area (Å²) in [6.07, 6.45) is 0. The summed E-state index contributed by atoms with van der Waals surface area (Å²) in [6, 6.07) is 5.22. The highest BCUT2D eigenvalue weighted by molar-refractivity contribution is 5.95. The van der Waals surface area contributed by atoms with Crippen LogP contribution in [-0.2, 0) is 0 Å². The Morgan fingerprint density at radius 3 is 2.11 bits per heavy atom. The third-order valence-electron chi connectivity index (χ3n) is 2.83. The van der Waals surface area contributed by atoms with Crippen LogP contribution in [-0.4, -0.2) is 19.0 Å². The van der Waals surface area contributed by atoms with Crippen molar-refractivity contribution < 1.29 is 4.79 Å². The fourth-order valence-corrected chi connectivity index (χ4v) is 2.12. The molecule has 0 aliphatic rings. The van der Waals surface area contributed by atoms with Crippen molar-refractivity contribution in [3.8, 4) is 0 Å². The number of amides is 1. The van der Waals surface area contributed by atoms with Crippen molar-refractivity contribution in [3.05, 3.63) is 23.8 Å². The fraction of sp³-hybridized carbons (Fsp3) is 0.533. The van der Waals surface area contributed by atoms with E-state index in [4.69, 9.17) is 11.5 Å². The molecule has 1 aromatic carbocycles. The quantitative estimate of drug-likeness (QED) is 0.774. The van der Waals surface area contributed by atoms with Crippen LogP contribution < -0.4 is 16.4 Å². The van der Waals surface area contributed by atoms with Gasteiger partial charge < -0.3 is 16.4 Å². The van der Waals surface area contributed by atoms with Gasteiger partial charge in [-0.25, -0.2) is 0 Å². The molecule has 106 valence electrons. The summed E-state index contributed by atoms with van der Waals surface area (Å²) >= 11 is 0. The Kier molecular flexibility index (Phi) is 5.21. The molecule has 0 spiro atoms. The molecular weight excluding hydrogens is 238 g/mol. The number of hydrogen-bond donors (Lipinski definition) is 2. The lowest BCUT2D eigenvalue weighted by Crippen LogP contribution is -2.32. The van der Waals surface area contributed by atoms with E-state index in [1.807, 2.05) is 0 Å². The van der Waals surface area contributed by atoms with Gasteiger partial charge in [-0.1, -0.05) is 27.7 Å². The third-order valence-corrected chi connectivity index (χ3v) is 2.83.